The number of amides is 1. The van der Waals surface area contributed by atoms with Gasteiger partial charge in [0.1, 0.15) is 11.6 Å². The zero-order chi connectivity index (χ0) is 15.2. The van der Waals surface area contributed by atoms with Crippen molar-refractivity contribution in [2.45, 2.75) is 38.7 Å². The summed E-state index contributed by atoms with van der Waals surface area (Å²) in [6.07, 6.45) is -0.994. The second-order valence-corrected chi connectivity index (χ2v) is 5.34. The van der Waals surface area contributed by atoms with E-state index in [4.69, 9.17) is 19.9 Å². The zero-order valence-corrected chi connectivity index (χ0v) is 12.1. The number of thiol groups is 1. The SMILES string of the molecule is CC(C)(C)OC(=O)N(CCB(O)O)[C@@H](CS)C(=O)O. The van der Waals surface area contributed by atoms with Crippen molar-refractivity contribution < 1.29 is 29.5 Å². The molecule has 9 heteroatoms. The molecule has 1 atom stereocenters. The van der Waals surface area contributed by atoms with Crippen LogP contribution in [0.4, 0.5) is 4.79 Å². The van der Waals surface area contributed by atoms with Gasteiger partial charge in [0.15, 0.2) is 0 Å². The van der Waals surface area contributed by atoms with E-state index in [0.717, 1.165) is 4.90 Å². The fourth-order valence-corrected chi connectivity index (χ4v) is 1.61. The Hall–Kier alpha value is -0.925. The van der Waals surface area contributed by atoms with Gasteiger partial charge in [-0.2, -0.15) is 12.6 Å². The summed E-state index contributed by atoms with van der Waals surface area (Å²) in [5.41, 5.74) is -0.771. The van der Waals surface area contributed by atoms with Crippen molar-refractivity contribution in [2.24, 2.45) is 0 Å². The third kappa shape index (κ3) is 7.29. The van der Waals surface area contributed by atoms with Crippen LogP contribution in [-0.4, -0.2) is 63.2 Å². The van der Waals surface area contributed by atoms with Crippen molar-refractivity contribution in [3.05, 3.63) is 0 Å². The summed E-state index contributed by atoms with van der Waals surface area (Å²) in [7, 11) is -1.63. The lowest BCUT2D eigenvalue weighted by molar-refractivity contribution is -0.142. The highest BCUT2D eigenvalue weighted by Crippen LogP contribution is 2.14. The first-order valence-electron chi connectivity index (χ1n) is 5.78. The molecular weight excluding hydrogens is 273 g/mol. The number of hydrogen-bond donors (Lipinski definition) is 4. The molecule has 0 aromatic heterocycles. The number of hydrogen-bond acceptors (Lipinski definition) is 6. The van der Waals surface area contributed by atoms with E-state index in [2.05, 4.69) is 12.6 Å². The molecule has 0 radical (unpaired) electrons. The number of carbonyl (C=O) groups excluding carboxylic acids is 1. The Balaban J connectivity index is 4.93. The number of aliphatic carboxylic acids is 1. The summed E-state index contributed by atoms with van der Waals surface area (Å²) in [4.78, 5) is 23.9. The van der Waals surface area contributed by atoms with Gasteiger partial charge in [-0.1, -0.05) is 0 Å². The maximum Gasteiger partial charge on any atom is 0.453 e. The van der Waals surface area contributed by atoms with E-state index in [1.807, 2.05) is 0 Å². The van der Waals surface area contributed by atoms with E-state index in [9.17, 15) is 9.59 Å². The van der Waals surface area contributed by atoms with Gasteiger partial charge in [-0.25, -0.2) is 9.59 Å². The quantitative estimate of drug-likeness (QED) is 0.408. The number of carboxylic acids is 1. The number of rotatable bonds is 6. The number of carbonyl (C=O) groups is 2. The normalized spacial score (nSPS) is 12.7. The third-order valence-corrected chi connectivity index (χ3v) is 2.44. The van der Waals surface area contributed by atoms with Crippen LogP contribution in [0.3, 0.4) is 0 Å². The van der Waals surface area contributed by atoms with Crippen LogP contribution in [0, 0.1) is 0 Å². The smallest absolute Gasteiger partial charge is 0.453 e. The molecule has 110 valence electrons. The standard InChI is InChI=1S/C10H20BNO6S/c1-10(2,3)18-9(15)12(5-4-11(16)17)7(6-19)8(13)14/h7,16-17,19H,4-6H2,1-3H3,(H,13,14)/t7-/m0/s1. The van der Waals surface area contributed by atoms with Gasteiger partial charge in [-0.15, -0.1) is 0 Å². The van der Waals surface area contributed by atoms with Gasteiger partial charge in [-0.05, 0) is 27.1 Å². The molecule has 0 aliphatic heterocycles. The average molecular weight is 293 g/mol. The van der Waals surface area contributed by atoms with E-state index in [1.54, 1.807) is 20.8 Å². The minimum absolute atomic E-state index is 0.101. The van der Waals surface area contributed by atoms with E-state index in [1.165, 1.54) is 0 Å². The van der Waals surface area contributed by atoms with Crippen LogP contribution >= 0.6 is 12.6 Å². The van der Waals surface area contributed by atoms with E-state index in [0.29, 0.717) is 0 Å². The van der Waals surface area contributed by atoms with E-state index >= 15 is 0 Å². The summed E-state index contributed by atoms with van der Waals surface area (Å²) in [5.74, 6) is -1.33. The fraction of sp³-hybridized carbons (Fsp3) is 0.800. The first kappa shape index (κ1) is 18.1. The van der Waals surface area contributed by atoms with Gasteiger partial charge >= 0.3 is 19.2 Å². The second-order valence-electron chi connectivity index (χ2n) is 4.98. The Morgan fingerprint density at radius 3 is 2.21 bits per heavy atom. The molecule has 0 rings (SSSR count). The molecule has 0 saturated carbocycles. The topological polar surface area (TPSA) is 107 Å². The number of carboxylic acid groups (broad SMARTS) is 1. The maximum atomic E-state index is 11.9. The van der Waals surface area contributed by atoms with Crippen molar-refractivity contribution in [3.8, 4) is 0 Å². The van der Waals surface area contributed by atoms with Gasteiger partial charge in [0.2, 0.25) is 0 Å². The minimum Gasteiger partial charge on any atom is -0.480 e. The molecule has 0 fully saturated rings. The number of nitrogens with zero attached hydrogens (tertiary/aromatic N) is 1. The predicted molar refractivity (Wildman–Crippen MR) is 73.2 cm³/mol. The molecule has 0 heterocycles. The van der Waals surface area contributed by atoms with Crippen LogP contribution in [0.5, 0.6) is 0 Å². The molecule has 3 N–H and O–H groups in total. The third-order valence-electron chi connectivity index (χ3n) is 2.09. The van der Waals surface area contributed by atoms with Crippen LogP contribution in [0.25, 0.3) is 0 Å². The van der Waals surface area contributed by atoms with Gasteiger partial charge in [-0.3, -0.25) is 4.90 Å². The van der Waals surface area contributed by atoms with Crippen LogP contribution < -0.4 is 0 Å². The zero-order valence-electron chi connectivity index (χ0n) is 11.2. The lowest BCUT2D eigenvalue weighted by atomic mass is 9.86. The Labute approximate surface area is 118 Å². The highest BCUT2D eigenvalue weighted by Gasteiger charge is 2.32. The molecule has 1 amide bonds. The summed E-state index contributed by atoms with van der Waals surface area (Å²) < 4.78 is 5.09. The van der Waals surface area contributed by atoms with Gasteiger partial charge in [0.05, 0.1) is 0 Å². The Morgan fingerprint density at radius 2 is 1.89 bits per heavy atom. The van der Waals surface area contributed by atoms with Crippen molar-refractivity contribution in [1.82, 2.24) is 4.90 Å². The molecule has 0 aliphatic rings. The summed E-state index contributed by atoms with van der Waals surface area (Å²) >= 11 is 3.89. The largest absolute Gasteiger partial charge is 0.480 e. The molecule has 7 nitrogen and oxygen atoms in total. The van der Waals surface area contributed by atoms with Gasteiger partial charge < -0.3 is 19.9 Å². The second kappa shape index (κ2) is 7.61. The molecule has 0 saturated heterocycles. The van der Waals surface area contributed by atoms with Crippen LogP contribution in [-0.2, 0) is 9.53 Å². The highest BCUT2D eigenvalue weighted by atomic mass is 32.1. The molecule has 0 aromatic rings. The van der Waals surface area contributed by atoms with Crippen LogP contribution in [0.2, 0.25) is 6.32 Å². The van der Waals surface area contributed by atoms with Crippen molar-refractivity contribution >= 4 is 31.8 Å². The van der Waals surface area contributed by atoms with Gasteiger partial charge in [0.25, 0.3) is 0 Å². The monoisotopic (exact) mass is 293 g/mol. The minimum atomic E-state index is -1.63. The Bertz CT molecular complexity index is 320. The molecule has 0 spiro atoms. The van der Waals surface area contributed by atoms with Gasteiger partial charge in [0, 0.05) is 12.3 Å². The summed E-state index contributed by atoms with van der Waals surface area (Å²) in [6, 6.07) is -1.18. The lowest BCUT2D eigenvalue weighted by Gasteiger charge is -2.30. The highest BCUT2D eigenvalue weighted by molar-refractivity contribution is 7.80. The molecule has 0 unspecified atom stereocenters. The number of ether oxygens (including phenoxy) is 1. The Morgan fingerprint density at radius 1 is 1.37 bits per heavy atom. The van der Waals surface area contributed by atoms with Crippen molar-refractivity contribution in [3.63, 3.8) is 0 Å². The summed E-state index contributed by atoms with van der Waals surface area (Å²) in [6.45, 7) is 4.81. The maximum absolute atomic E-state index is 11.9. The predicted octanol–water partition coefficient (Wildman–Crippen LogP) is 0.0793. The van der Waals surface area contributed by atoms with Crippen molar-refractivity contribution in [1.29, 1.82) is 0 Å². The fourth-order valence-electron chi connectivity index (χ4n) is 1.26. The molecule has 0 aliphatic carbocycles. The first-order valence-corrected chi connectivity index (χ1v) is 6.41. The van der Waals surface area contributed by atoms with Crippen LogP contribution in [0.1, 0.15) is 20.8 Å². The summed E-state index contributed by atoms with van der Waals surface area (Å²) in [5, 5.41) is 26.7. The van der Waals surface area contributed by atoms with E-state index in [-0.39, 0.29) is 18.6 Å². The molecule has 0 bridgehead atoms. The first-order chi connectivity index (χ1) is 8.58. The van der Waals surface area contributed by atoms with Crippen LogP contribution in [0.15, 0.2) is 0 Å². The van der Waals surface area contributed by atoms with E-state index < -0.39 is 30.8 Å². The average Bonchev–Trinajstić information content (AvgIpc) is 2.20. The molecule has 19 heavy (non-hydrogen) atoms. The van der Waals surface area contributed by atoms with Crippen molar-refractivity contribution in [2.75, 3.05) is 12.3 Å². The lowest BCUT2D eigenvalue weighted by Crippen LogP contribution is -2.49. The molecular formula is C10H20BNO6S. The molecule has 0 aromatic carbocycles. The Kier molecular flexibility index (Phi) is 7.24.